The maximum absolute atomic E-state index is 5.57. The van der Waals surface area contributed by atoms with Crippen molar-refractivity contribution < 1.29 is 4.74 Å². The highest BCUT2D eigenvalue weighted by Gasteiger charge is 2.11. The third kappa shape index (κ3) is 5.91. The van der Waals surface area contributed by atoms with E-state index in [0.717, 1.165) is 63.6 Å². The van der Waals surface area contributed by atoms with Crippen molar-refractivity contribution in [2.24, 2.45) is 4.99 Å². The number of nitrogens with zero attached hydrogens (tertiary/aromatic N) is 2. The van der Waals surface area contributed by atoms with E-state index < -0.39 is 0 Å². The fourth-order valence-electron chi connectivity index (χ4n) is 3.43. The number of aliphatic imine (C=N–C) groups is 1. The Balaban J connectivity index is 1.29. The van der Waals surface area contributed by atoms with Crippen molar-refractivity contribution in [3.05, 3.63) is 59.7 Å². The van der Waals surface area contributed by atoms with Gasteiger partial charge in [-0.3, -0.25) is 4.99 Å². The lowest BCUT2D eigenvalue weighted by Crippen LogP contribution is -2.38. The van der Waals surface area contributed by atoms with Crippen LogP contribution in [0.3, 0.4) is 0 Å². The molecule has 150 valence electrons. The Hall–Kier alpha value is -2.69. The van der Waals surface area contributed by atoms with Crippen LogP contribution in [0.15, 0.2) is 53.5 Å². The number of fused-ring (bicyclic) bond motifs is 1. The van der Waals surface area contributed by atoms with Gasteiger partial charge in [-0.2, -0.15) is 0 Å². The smallest absolute Gasteiger partial charge is 0.190 e. The summed E-state index contributed by atoms with van der Waals surface area (Å²) in [6, 6.07) is 17.0. The van der Waals surface area contributed by atoms with Gasteiger partial charge in [0.05, 0.1) is 6.61 Å². The first-order chi connectivity index (χ1) is 13.8. The minimum Gasteiger partial charge on any atom is -0.493 e. The van der Waals surface area contributed by atoms with Gasteiger partial charge in [-0.05, 0) is 48.6 Å². The summed E-state index contributed by atoms with van der Waals surface area (Å²) in [6.45, 7) is 3.67. The Morgan fingerprint density at radius 2 is 1.89 bits per heavy atom. The summed E-state index contributed by atoms with van der Waals surface area (Å²) < 4.78 is 5.57. The summed E-state index contributed by atoms with van der Waals surface area (Å²) in [5.74, 6) is 1.92. The van der Waals surface area contributed by atoms with E-state index in [0.29, 0.717) is 0 Å². The zero-order chi connectivity index (χ0) is 19.6. The molecule has 28 heavy (non-hydrogen) atoms. The Labute approximate surface area is 168 Å². The van der Waals surface area contributed by atoms with Crippen LogP contribution in [0.2, 0.25) is 0 Å². The van der Waals surface area contributed by atoms with Crippen molar-refractivity contribution in [1.82, 2.24) is 10.6 Å². The first-order valence-electron chi connectivity index (χ1n) is 10.2. The van der Waals surface area contributed by atoms with Gasteiger partial charge in [0, 0.05) is 45.8 Å². The molecule has 0 saturated carbocycles. The Bertz CT molecular complexity index is 760. The van der Waals surface area contributed by atoms with Crippen LogP contribution in [0.25, 0.3) is 0 Å². The second-order valence-corrected chi connectivity index (χ2v) is 7.18. The molecule has 3 rings (SSSR count). The van der Waals surface area contributed by atoms with Crippen molar-refractivity contribution in [2.45, 2.75) is 25.7 Å². The molecule has 0 unspecified atom stereocenters. The van der Waals surface area contributed by atoms with Crippen LogP contribution < -0.4 is 20.3 Å². The molecule has 1 heterocycles. The van der Waals surface area contributed by atoms with Crippen LogP contribution in [-0.4, -0.2) is 46.3 Å². The summed E-state index contributed by atoms with van der Waals surface area (Å²) in [4.78, 5) is 6.62. The summed E-state index contributed by atoms with van der Waals surface area (Å²) in [7, 11) is 3.97. The maximum atomic E-state index is 5.57. The SMILES string of the molecule is CN=C(NCCCCN(C)c1ccccc1)NCCc1ccc2c(c1)CCO2. The fraction of sp³-hybridized carbons (Fsp3) is 0.435. The Morgan fingerprint density at radius 1 is 1.07 bits per heavy atom. The molecule has 5 nitrogen and oxygen atoms in total. The van der Waals surface area contributed by atoms with Gasteiger partial charge in [-0.15, -0.1) is 0 Å². The summed E-state index contributed by atoms with van der Waals surface area (Å²) in [5.41, 5.74) is 3.95. The van der Waals surface area contributed by atoms with Crippen LogP contribution in [0.4, 0.5) is 5.69 Å². The number of benzene rings is 2. The van der Waals surface area contributed by atoms with Crippen LogP contribution in [0, 0.1) is 0 Å². The molecule has 0 bridgehead atoms. The molecule has 1 aliphatic rings. The normalized spacial score (nSPS) is 13.0. The van der Waals surface area contributed by atoms with Gasteiger partial charge in [0.1, 0.15) is 5.75 Å². The molecule has 0 amide bonds. The summed E-state index contributed by atoms with van der Waals surface area (Å²) in [5, 5.41) is 6.82. The molecule has 2 N–H and O–H groups in total. The molecule has 0 atom stereocenters. The third-order valence-corrected chi connectivity index (χ3v) is 5.09. The largest absolute Gasteiger partial charge is 0.493 e. The molecule has 0 aliphatic carbocycles. The minimum atomic E-state index is 0.814. The first-order valence-corrected chi connectivity index (χ1v) is 10.2. The summed E-state index contributed by atoms with van der Waals surface area (Å²) in [6.07, 6.45) is 4.27. The van der Waals surface area contributed by atoms with Crippen LogP contribution in [0.1, 0.15) is 24.0 Å². The monoisotopic (exact) mass is 380 g/mol. The van der Waals surface area contributed by atoms with E-state index in [9.17, 15) is 0 Å². The molecule has 0 spiro atoms. The maximum Gasteiger partial charge on any atom is 0.190 e. The van der Waals surface area contributed by atoms with Crippen molar-refractivity contribution in [1.29, 1.82) is 0 Å². The lowest BCUT2D eigenvalue weighted by Gasteiger charge is -2.19. The quantitative estimate of drug-likeness (QED) is 0.398. The van der Waals surface area contributed by atoms with E-state index in [4.69, 9.17) is 4.74 Å². The number of unbranched alkanes of at least 4 members (excludes halogenated alkanes) is 1. The topological polar surface area (TPSA) is 48.9 Å². The van der Waals surface area contributed by atoms with Gasteiger partial charge in [0.2, 0.25) is 0 Å². The number of hydrogen-bond donors (Lipinski definition) is 2. The highest BCUT2D eigenvalue weighted by molar-refractivity contribution is 5.79. The number of anilines is 1. The van der Waals surface area contributed by atoms with E-state index in [1.165, 1.54) is 16.8 Å². The van der Waals surface area contributed by atoms with Gasteiger partial charge < -0.3 is 20.3 Å². The zero-order valence-corrected chi connectivity index (χ0v) is 17.1. The van der Waals surface area contributed by atoms with Gasteiger partial charge in [0.15, 0.2) is 5.96 Å². The van der Waals surface area contributed by atoms with E-state index in [1.807, 2.05) is 7.05 Å². The molecular weight excluding hydrogens is 348 g/mol. The molecule has 0 fully saturated rings. The van der Waals surface area contributed by atoms with Crippen molar-refractivity contribution in [3.63, 3.8) is 0 Å². The predicted molar refractivity (Wildman–Crippen MR) is 118 cm³/mol. The Morgan fingerprint density at radius 3 is 2.71 bits per heavy atom. The van der Waals surface area contributed by atoms with Gasteiger partial charge in [-0.1, -0.05) is 30.3 Å². The third-order valence-electron chi connectivity index (χ3n) is 5.09. The van der Waals surface area contributed by atoms with Crippen molar-refractivity contribution in [2.75, 3.05) is 45.2 Å². The molecule has 0 saturated heterocycles. The van der Waals surface area contributed by atoms with E-state index in [1.54, 1.807) is 0 Å². The highest BCUT2D eigenvalue weighted by atomic mass is 16.5. The number of rotatable bonds is 9. The van der Waals surface area contributed by atoms with Crippen LogP contribution in [-0.2, 0) is 12.8 Å². The number of guanidine groups is 1. The molecule has 2 aromatic rings. The van der Waals surface area contributed by atoms with Gasteiger partial charge in [-0.25, -0.2) is 0 Å². The molecular formula is C23H32N4O. The number of ether oxygens (including phenoxy) is 1. The molecule has 2 aromatic carbocycles. The first kappa shape index (κ1) is 20.1. The lowest BCUT2D eigenvalue weighted by molar-refractivity contribution is 0.357. The van der Waals surface area contributed by atoms with Crippen LogP contribution >= 0.6 is 0 Å². The average Bonchev–Trinajstić information content (AvgIpc) is 3.20. The van der Waals surface area contributed by atoms with Crippen molar-refractivity contribution in [3.8, 4) is 5.75 Å². The number of para-hydroxylation sites is 1. The number of nitrogens with one attached hydrogen (secondary N) is 2. The molecule has 0 radical (unpaired) electrons. The zero-order valence-electron chi connectivity index (χ0n) is 17.1. The second kappa shape index (κ2) is 10.6. The Kier molecular flexibility index (Phi) is 7.59. The minimum absolute atomic E-state index is 0.814. The standard InChI is InChI=1S/C23H32N4O/c1-24-23(25-14-6-7-16-27(2)21-8-4-3-5-9-21)26-15-12-19-10-11-22-20(18-19)13-17-28-22/h3-5,8-11,18H,6-7,12-17H2,1-2H3,(H2,24,25,26). The highest BCUT2D eigenvalue weighted by Crippen LogP contribution is 2.25. The van der Waals surface area contributed by atoms with E-state index in [-0.39, 0.29) is 0 Å². The second-order valence-electron chi connectivity index (χ2n) is 7.18. The summed E-state index contributed by atoms with van der Waals surface area (Å²) >= 11 is 0. The molecule has 5 heteroatoms. The molecule has 0 aromatic heterocycles. The molecule has 1 aliphatic heterocycles. The van der Waals surface area contributed by atoms with Crippen LogP contribution in [0.5, 0.6) is 5.75 Å². The van der Waals surface area contributed by atoms with E-state index >= 15 is 0 Å². The van der Waals surface area contributed by atoms with Gasteiger partial charge >= 0.3 is 0 Å². The lowest BCUT2D eigenvalue weighted by atomic mass is 10.1. The predicted octanol–water partition coefficient (Wildman–Crippen LogP) is 3.25. The van der Waals surface area contributed by atoms with Gasteiger partial charge in [0.25, 0.3) is 0 Å². The number of hydrogen-bond acceptors (Lipinski definition) is 3. The average molecular weight is 381 g/mol. The van der Waals surface area contributed by atoms with E-state index in [2.05, 4.69) is 76.1 Å². The fourth-order valence-corrected chi connectivity index (χ4v) is 3.43. The van der Waals surface area contributed by atoms with Crippen molar-refractivity contribution >= 4 is 11.6 Å².